The molecule has 94 valence electrons. The van der Waals surface area contributed by atoms with Crippen LogP contribution in [0.3, 0.4) is 0 Å². The van der Waals surface area contributed by atoms with Gasteiger partial charge in [0.15, 0.2) is 0 Å². The summed E-state index contributed by atoms with van der Waals surface area (Å²) in [5.41, 5.74) is 0.846. The number of carbonyl (C=O) groups excluding carboxylic acids is 1. The van der Waals surface area contributed by atoms with E-state index in [-0.39, 0.29) is 10.8 Å². The number of hydrogen-bond acceptors (Lipinski definition) is 2. The molecule has 2 aromatic rings. The maximum atomic E-state index is 13.0. The number of carbonyl (C=O) groups is 1. The minimum absolute atomic E-state index is 0.0533. The van der Waals surface area contributed by atoms with Gasteiger partial charge in [-0.1, -0.05) is 18.5 Å². The number of hydrogen-bond donors (Lipinski definition) is 0. The van der Waals surface area contributed by atoms with E-state index in [2.05, 4.69) is 5.10 Å². The van der Waals surface area contributed by atoms with Crippen LogP contribution in [0, 0.1) is 5.82 Å². The zero-order chi connectivity index (χ0) is 13.1. The third kappa shape index (κ3) is 2.43. The fraction of sp³-hybridized carbons (Fsp3) is 0.231. The monoisotopic (exact) mass is 266 g/mol. The molecule has 0 atom stereocenters. The number of aryl methyl sites for hydroxylation is 1. The molecule has 0 spiro atoms. The molecule has 3 nitrogen and oxygen atoms in total. The highest BCUT2D eigenvalue weighted by Crippen LogP contribution is 2.18. The Balaban J connectivity index is 2.35. The zero-order valence-corrected chi connectivity index (χ0v) is 10.6. The second-order valence-electron chi connectivity index (χ2n) is 3.90. The van der Waals surface area contributed by atoms with E-state index in [1.54, 1.807) is 16.9 Å². The van der Waals surface area contributed by atoms with Crippen LogP contribution in [0.15, 0.2) is 30.5 Å². The summed E-state index contributed by atoms with van der Waals surface area (Å²) in [6.07, 6.45) is 2.46. The summed E-state index contributed by atoms with van der Waals surface area (Å²) in [6.45, 7) is 2.67. The lowest BCUT2D eigenvalue weighted by molar-refractivity contribution is 0.102. The van der Waals surface area contributed by atoms with Crippen molar-refractivity contribution in [3.8, 4) is 0 Å². The van der Waals surface area contributed by atoms with E-state index in [0.29, 0.717) is 17.8 Å². The molecule has 0 fully saturated rings. The van der Waals surface area contributed by atoms with E-state index < -0.39 is 5.82 Å². The van der Waals surface area contributed by atoms with Crippen LogP contribution in [0.5, 0.6) is 0 Å². The molecule has 0 N–H and O–H groups in total. The fourth-order valence-corrected chi connectivity index (χ4v) is 1.88. The van der Waals surface area contributed by atoms with Crippen molar-refractivity contribution in [1.29, 1.82) is 0 Å². The summed E-state index contributed by atoms with van der Waals surface area (Å²) >= 11 is 5.67. The van der Waals surface area contributed by atoms with Gasteiger partial charge in [-0.3, -0.25) is 9.48 Å². The molecule has 0 radical (unpaired) electrons. The second-order valence-corrected chi connectivity index (χ2v) is 4.30. The number of rotatable bonds is 4. The van der Waals surface area contributed by atoms with Gasteiger partial charge in [0.2, 0.25) is 5.78 Å². The molecular formula is C13H12ClFN2O. The highest BCUT2D eigenvalue weighted by molar-refractivity contribution is 6.31. The first-order valence-electron chi connectivity index (χ1n) is 5.65. The van der Waals surface area contributed by atoms with Gasteiger partial charge in [0, 0.05) is 18.3 Å². The van der Waals surface area contributed by atoms with Crippen LogP contribution in [0.25, 0.3) is 0 Å². The summed E-state index contributed by atoms with van der Waals surface area (Å²) in [5.74, 6) is -0.738. The molecule has 18 heavy (non-hydrogen) atoms. The van der Waals surface area contributed by atoms with E-state index in [1.807, 2.05) is 6.92 Å². The van der Waals surface area contributed by atoms with Gasteiger partial charge < -0.3 is 0 Å². The zero-order valence-electron chi connectivity index (χ0n) is 9.86. The van der Waals surface area contributed by atoms with Crippen LogP contribution in [0.2, 0.25) is 5.02 Å². The van der Waals surface area contributed by atoms with Crippen molar-refractivity contribution in [3.63, 3.8) is 0 Å². The van der Waals surface area contributed by atoms with Gasteiger partial charge in [-0.15, -0.1) is 0 Å². The van der Waals surface area contributed by atoms with Crippen LogP contribution < -0.4 is 0 Å². The van der Waals surface area contributed by atoms with Crippen molar-refractivity contribution in [2.45, 2.75) is 19.9 Å². The molecule has 1 aromatic heterocycles. The third-order valence-electron chi connectivity index (χ3n) is 2.57. The Kier molecular flexibility index (Phi) is 3.77. The van der Waals surface area contributed by atoms with Crippen molar-refractivity contribution in [2.24, 2.45) is 0 Å². The van der Waals surface area contributed by atoms with Gasteiger partial charge in [0.1, 0.15) is 11.5 Å². The standard InChI is InChI=1S/C13H12ClFN2O/c1-2-7-17-12(5-6-16-17)13(18)9-3-4-11(15)10(14)8-9/h3-6,8H,2,7H2,1H3. The summed E-state index contributed by atoms with van der Waals surface area (Å²) in [5, 5.41) is 4.03. The quantitative estimate of drug-likeness (QED) is 0.796. The molecule has 0 aliphatic carbocycles. The Bertz CT molecular complexity index is 580. The number of benzene rings is 1. The molecule has 0 aliphatic heterocycles. The number of halogens is 2. The number of ketones is 1. The number of nitrogens with zero attached hydrogens (tertiary/aromatic N) is 2. The molecule has 1 aromatic carbocycles. The van der Waals surface area contributed by atoms with E-state index in [9.17, 15) is 9.18 Å². The predicted octanol–water partition coefficient (Wildman–Crippen LogP) is 3.32. The summed E-state index contributed by atoms with van der Waals surface area (Å²) in [7, 11) is 0. The average Bonchev–Trinajstić information content (AvgIpc) is 2.80. The smallest absolute Gasteiger partial charge is 0.211 e. The average molecular weight is 267 g/mol. The summed E-state index contributed by atoms with van der Waals surface area (Å²) in [4.78, 5) is 12.2. The van der Waals surface area contributed by atoms with Gasteiger partial charge in [0.05, 0.1) is 5.02 Å². The van der Waals surface area contributed by atoms with Gasteiger partial charge in [0.25, 0.3) is 0 Å². The Labute approximate surface area is 109 Å². The van der Waals surface area contributed by atoms with Gasteiger partial charge in [-0.25, -0.2) is 4.39 Å². The van der Waals surface area contributed by atoms with Crippen LogP contribution >= 0.6 is 11.6 Å². The largest absolute Gasteiger partial charge is 0.287 e. The molecule has 1 heterocycles. The van der Waals surface area contributed by atoms with Crippen LogP contribution in [-0.2, 0) is 6.54 Å². The molecule has 5 heteroatoms. The molecule has 2 rings (SSSR count). The molecule has 0 bridgehead atoms. The minimum atomic E-state index is -0.532. The first kappa shape index (κ1) is 12.8. The van der Waals surface area contributed by atoms with Gasteiger partial charge in [-0.05, 0) is 30.7 Å². The predicted molar refractivity (Wildman–Crippen MR) is 67.4 cm³/mol. The topological polar surface area (TPSA) is 34.9 Å². The molecule has 0 amide bonds. The SMILES string of the molecule is CCCn1nccc1C(=O)c1ccc(F)c(Cl)c1. The van der Waals surface area contributed by atoms with Crippen molar-refractivity contribution >= 4 is 17.4 Å². The lowest BCUT2D eigenvalue weighted by Gasteiger charge is -2.05. The van der Waals surface area contributed by atoms with Crippen molar-refractivity contribution < 1.29 is 9.18 Å². The molecule has 0 unspecified atom stereocenters. The summed E-state index contributed by atoms with van der Waals surface area (Å²) in [6, 6.07) is 5.60. The minimum Gasteiger partial charge on any atom is -0.287 e. The van der Waals surface area contributed by atoms with Crippen molar-refractivity contribution in [1.82, 2.24) is 9.78 Å². The molecule has 0 aliphatic rings. The lowest BCUT2D eigenvalue weighted by Crippen LogP contribution is -2.11. The highest BCUT2D eigenvalue weighted by Gasteiger charge is 2.15. The van der Waals surface area contributed by atoms with Crippen molar-refractivity contribution in [3.05, 3.63) is 52.6 Å². The number of aromatic nitrogens is 2. The Morgan fingerprint density at radius 1 is 1.44 bits per heavy atom. The van der Waals surface area contributed by atoms with E-state index in [4.69, 9.17) is 11.6 Å². The Hall–Kier alpha value is -1.68. The highest BCUT2D eigenvalue weighted by atomic mass is 35.5. The van der Waals surface area contributed by atoms with Crippen LogP contribution in [0.4, 0.5) is 4.39 Å². The van der Waals surface area contributed by atoms with E-state index >= 15 is 0 Å². The lowest BCUT2D eigenvalue weighted by atomic mass is 10.1. The first-order chi connectivity index (χ1) is 8.63. The molecular weight excluding hydrogens is 255 g/mol. The second kappa shape index (κ2) is 5.31. The van der Waals surface area contributed by atoms with Crippen molar-refractivity contribution in [2.75, 3.05) is 0 Å². The van der Waals surface area contributed by atoms with Gasteiger partial charge >= 0.3 is 0 Å². The van der Waals surface area contributed by atoms with Crippen LogP contribution in [0.1, 0.15) is 29.4 Å². The van der Waals surface area contributed by atoms with E-state index in [0.717, 1.165) is 6.42 Å². The first-order valence-corrected chi connectivity index (χ1v) is 6.03. The molecule has 0 saturated heterocycles. The van der Waals surface area contributed by atoms with E-state index in [1.165, 1.54) is 18.2 Å². The Morgan fingerprint density at radius 3 is 2.89 bits per heavy atom. The van der Waals surface area contributed by atoms with Gasteiger partial charge in [-0.2, -0.15) is 5.10 Å². The molecule has 0 saturated carbocycles. The maximum Gasteiger partial charge on any atom is 0.211 e. The Morgan fingerprint density at radius 2 is 2.22 bits per heavy atom. The van der Waals surface area contributed by atoms with Crippen LogP contribution in [-0.4, -0.2) is 15.6 Å². The normalized spacial score (nSPS) is 10.6. The third-order valence-corrected chi connectivity index (χ3v) is 2.86. The fourth-order valence-electron chi connectivity index (χ4n) is 1.70. The maximum absolute atomic E-state index is 13.0. The summed E-state index contributed by atoms with van der Waals surface area (Å²) < 4.78 is 14.7.